The van der Waals surface area contributed by atoms with Crippen LogP contribution in [0, 0.1) is 0 Å². The number of carboxylic acids is 1. The first-order chi connectivity index (χ1) is 7.66. The van der Waals surface area contributed by atoms with Gasteiger partial charge in [0.2, 0.25) is 0 Å². The van der Waals surface area contributed by atoms with E-state index in [1.807, 2.05) is 0 Å². The number of carbonyl (C=O) groups excluding carboxylic acids is 1. The molecule has 16 heavy (non-hydrogen) atoms. The zero-order chi connectivity index (χ0) is 11.5. The summed E-state index contributed by atoms with van der Waals surface area (Å²) in [5.74, 6) is -1.15. The number of aliphatic carboxylic acids is 1. The molecule has 3 atom stereocenters. The minimum atomic E-state index is -0.891. The highest BCUT2D eigenvalue weighted by Crippen LogP contribution is 2.14. The third-order valence-electron chi connectivity index (χ3n) is 3.02. The minimum absolute atomic E-state index is 0.205. The van der Waals surface area contributed by atoms with E-state index in [4.69, 9.17) is 9.84 Å². The zero-order valence-electron chi connectivity index (χ0n) is 8.94. The number of carbonyl (C=O) groups is 2. The zero-order valence-corrected chi connectivity index (χ0v) is 8.94. The van der Waals surface area contributed by atoms with Crippen LogP contribution in [-0.2, 0) is 14.3 Å². The van der Waals surface area contributed by atoms with Crippen LogP contribution >= 0.6 is 0 Å². The lowest BCUT2D eigenvalue weighted by Gasteiger charge is -2.14. The Labute approximate surface area is 93.3 Å². The second-order valence-corrected chi connectivity index (χ2v) is 4.24. The summed E-state index contributed by atoms with van der Waals surface area (Å²) in [6.07, 6.45) is 1.84. The van der Waals surface area contributed by atoms with Crippen molar-refractivity contribution in [1.29, 1.82) is 0 Å². The summed E-state index contributed by atoms with van der Waals surface area (Å²) in [5.41, 5.74) is 0. The highest BCUT2D eigenvalue weighted by Gasteiger charge is 2.33. The first kappa shape index (κ1) is 11.3. The van der Waals surface area contributed by atoms with Crippen molar-refractivity contribution in [2.45, 2.75) is 37.5 Å². The molecule has 90 valence electrons. The number of hydrogen-bond donors (Lipinski definition) is 3. The molecule has 2 rings (SSSR count). The summed E-state index contributed by atoms with van der Waals surface area (Å²) < 4.78 is 5.25. The molecule has 0 aromatic heterocycles. The van der Waals surface area contributed by atoms with E-state index in [2.05, 4.69) is 10.6 Å². The van der Waals surface area contributed by atoms with Crippen LogP contribution in [0.5, 0.6) is 0 Å². The SMILES string of the molecule is O=C(O[C@H]1CN[C@H](C(=O)O)C1)C1CCCN1. The van der Waals surface area contributed by atoms with Crippen molar-refractivity contribution in [2.24, 2.45) is 0 Å². The van der Waals surface area contributed by atoms with Gasteiger partial charge < -0.3 is 20.5 Å². The number of rotatable bonds is 3. The van der Waals surface area contributed by atoms with Crippen molar-refractivity contribution in [1.82, 2.24) is 10.6 Å². The first-order valence-electron chi connectivity index (χ1n) is 5.57. The van der Waals surface area contributed by atoms with Crippen LogP contribution in [0.3, 0.4) is 0 Å². The van der Waals surface area contributed by atoms with Crippen molar-refractivity contribution in [3.63, 3.8) is 0 Å². The Kier molecular flexibility index (Phi) is 3.40. The lowest BCUT2D eigenvalue weighted by molar-refractivity contribution is -0.151. The summed E-state index contributed by atoms with van der Waals surface area (Å²) in [7, 11) is 0. The number of nitrogens with one attached hydrogen (secondary N) is 2. The molecule has 2 aliphatic heterocycles. The molecule has 0 aliphatic carbocycles. The van der Waals surface area contributed by atoms with Crippen LogP contribution in [0.25, 0.3) is 0 Å². The van der Waals surface area contributed by atoms with Gasteiger partial charge in [-0.15, -0.1) is 0 Å². The number of hydrogen-bond acceptors (Lipinski definition) is 5. The monoisotopic (exact) mass is 228 g/mol. The molecular formula is C10H16N2O4. The van der Waals surface area contributed by atoms with Gasteiger partial charge in [0, 0.05) is 13.0 Å². The topological polar surface area (TPSA) is 87.7 Å². The Morgan fingerprint density at radius 1 is 1.25 bits per heavy atom. The lowest BCUT2D eigenvalue weighted by Crippen LogP contribution is -2.35. The van der Waals surface area contributed by atoms with Crippen LogP contribution in [0.1, 0.15) is 19.3 Å². The molecule has 6 nitrogen and oxygen atoms in total. The number of carboxylic acid groups (broad SMARTS) is 1. The molecule has 0 bridgehead atoms. The van der Waals surface area contributed by atoms with Gasteiger partial charge in [0.05, 0.1) is 0 Å². The molecule has 3 N–H and O–H groups in total. The molecule has 0 amide bonds. The quantitative estimate of drug-likeness (QED) is 0.542. The van der Waals surface area contributed by atoms with Crippen molar-refractivity contribution < 1.29 is 19.4 Å². The molecule has 1 unspecified atom stereocenters. The Hall–Kier alpha value is -1.14. The maximum absolute atomic E-state index is 11.6. The highest BCUT2D eigenvalue weighted by atomic mass is 16.5. The molecule has 2 fully saturated rings. The van der Waals surface area contributed by atoms with E-state index in [0.717, 1.165) is 19.4 Å². The normalized spacial score (nSPS) is 33.9. The van der Waals surface area contributed by atoms with Crippen LogP contribution < -0.4 is 10.6 Å². The fourth-order valence-corrected chi connectivity index (χ4v) is 2.11. The van der Waals surface area contributed by atoms with E-state index in [-0.39, 0.29) is 18.1 Å². The van der Waals surface area contributed by atoms with E-state index < -0.39 is 12.0 Å². The molecule has 2 heterocycles. The summed E-state index contributed by atoms with van der Waals surface area (Å²) in [5, 5.41) is 14.6. The standard InChI is InChI=1S/C10H16N2O4/c13-9(14)8-4-6(5-12-8)16-10(15)7-2-1-3-11-7/h6-8,11-12H,1-5H2,(H,13,14)/t6-,7?,8+/m1/s1. The number of ether oxygens (including phenoxy) is 1. The third kappa shape index (κ3) is 2.51. The van der Waals surface area contributed by atoms with Crippen molar-refractivity contribution in [3.8, 4) is 0 Å². The molecule has 0 spiro atoms. The number of esters is 1. The van der Waals surface area contributed by atoms with Gasteiger partial charge in [-0.05, 0) is 19.4 Å². The summed E-state index contributed by atoms with van der Waals surface area (Å²) in [6, 6.07) is -0.793. The van der Waals surface area contributed by atoms with Crippen LogP contribution in [0.15, 0.2) is 0 Å². The Bertz CT molecular complexity index is 289. The van der Waals surface area contributed by atoms with Crippen LogP contribution in [-0.4, -0.2) is 48.3 Å². The maximum atomic E-state index is 11.6. The molecule has 6 heteroatoms. The van der Waals surface area contributed by atoms with Crippen molar-refractivity contribution in [3.05, 3.63) is 0 Å². The molecule has 0 aromatic carbocycles. The van der Waals surface area contributed by atoms with E-state index >= 15 is 0 Å². The predicted molar refractivity (Wildman–Crippen MR) is 54.9 cm³/mol. The van der Waals surface area contributed by atoms with Gasteiger partial charge in [-0.3, -0.25) is 9.59 Å². The van der Waals surface area contributed by atoms with E-state index in [9.17, 15) is 9.59 Å². The fraction of sp³-hybridized carbons (Fsp3) is 0.800. The average molecular weight is 228 g/mol. The highest BCUT2D eigenvalue weighted by molar-refractivity contribution is 5.77. The largest absolute Gasteiger partial charge is 0.480 e. The van der Waals surface area contributed by atoms with Crippen molar-refractivity contribution in [2.75, 3.05) is 13.1 Å². The minimum Gasteiger partial charge on any atom is -0.480 e. The molecule has 0 aromatic rings. The second kappa shape index (κ2) is 4.80. The lowest BCUT2D eigenvalue weighted by atomic mass is 10.2. The molecule has 2 aliphatic rings. The average Bonchev–Trinajstić information content (AvgIpc) is 2.87. The summed E-state index contributed by atoms with van der Waals surface area (Å²) in [6.45, 7) is 1.27. The molecule has 2 saturated heterocycles. The summed E-state index contributed by atoms with van der Waals surface area (Å²) >= 11 is 0. The van der Waals surface area contributed by atoms with Crippen LogP contribution in [0.4, 0.5) is 0 Å². The van der Waals surface area contributed by atoms with Gasteiger partial charge in [0.1, 0.15) is 18.2 Å². The molecule has 0 saturated carbocycles. The van der Waals surface area contributed by atoms with Gasteiger partial charge in [0.25, 0.3) is 0 Å². The predicted octanol–water partition coefficient (Wildman–Crippen LogP) is -0.903. The first-order valence-corrected chi connectivity index (χ1v) is 5.57. The maximum Gasteiger partial charge on any atom is 0.323 e. The second-order valence-electron chi connectivity index (χ2n) is 4.24. The Morgan fingerprint density at radius 3 is 2.62 bits per heavy atom. The van der Waals surface area contributed by atoms with E-state index in [1.165, 1.54) is 0 Å². The van der Waals surface area contributed by atoms with Gasteiger partial charge in [-0.25, -0.2) is 0 Å². The van der Waals surface area contributed by atoms with Gasteiger partial charge in [-0.2, -0.15) is 0 Å². The fourth-order valence-electron chi connectivity index (χ4n) is 2.11. The Balaban J connectivity index is 1.78. The van der Waals surface area contributed by atoms with Gasteiger partial charge in [0.15, 0.2) is 0 Å². The molecule has 0 radical (unpaired) electrons. The Morgan fingerprint density at radius 2 is 2.06 bits per heavy atom. The van der Waals surface area contributed by atoms with E-state index in [1.54, 1.807) is 0 Å². The summed E-state index contributed by atoms with van der Waals surface area (Å²) in [4.78, 5) is 22.3. The van der Waals surface area contributed by atoms with E-state index in [0.29, 0.717) is 13.0 Å². The van der Waals surface area contributed by atoms with Crippen molar-refractivity contribution >= 4 is 11.9 Å². The van der Waals surface area contributed by atoms with Gasteiger partial charge >= 0.3 is 11.9 Å². The molecular weight excluding hydrogens is 212 g/mol. The van der Waals surface area contributed by atoms with Crippen LogP contribution in [0.2, 0.25) is 0 Å². The third-order valence-corrected chi connectivity index (χ3v) is 3.02. The smallest absolute Gasteiger partial charge is 0.323 e. The van der Waals surface area contributed by atoms with Gasteiger partial charge in [-0.1, -0.05) is 0 Å².